The van der Waals surface area contributed by atoms with Gasteiger partial charge in [-0.25, -0.2) is 9.37 Å². The summed E-state index contributed by atoms with van der Waals surface area (Å²) < 4.78 is 12.8. The molecule has 2 rings (SSSR count). The highest BCUT2D eigenvalue weighted by molar-refractivity contribution is 5.39. The Morgan fingerprint density at radius 3 is 2.42 bits per heavy atom. The smallest absolute Gasteiger partial charge is 0.128 e. The third kappa shape index (κ3) is 3.51. The van der Waals surface area contributed by atoms with Gasteiger partial charge in [-0.3, -0.25) is 0 Å². The number of hydrogen-bond acceptors (Lipinski definition) is 3. The fourth-order valence-electron chi connectivity index (χ4n) is 1.84. The summed E-state index contributed by atoms with van der Waals surface area (Å²) in [6.45, 7) is 2.61. The second-order valence-corrected chi connectivity index (χ2v) is 4.72. The summed E-state index contributed by atoms with van der Waals surface area (Å²) in [6, 6.07) is 10.4. The number of benzene rings is 1. The van der Waals surface area contributed by atoms with E-state index in [0.29, 0.717) is 6.54 Å². The lowest BCUT2D eigenvalue weighted by Crippen LogP contribution is -2.18. The van der Waals surface area contributed by atoms with Gasteiger partial charge in [0.2, 0.25) is 0 Å². The number of anilines is 1. The van der Waals surface area contributed by atoms with Crippen molar-refractivity contribution in [1.29, 1.82) is 0 Å². The number of pyridine rings is 1. The van der Waals surface area contributed by atoms with E-state index in [1.807, 2.05) is 31.0 Å². The molecule has 3 nitrogen and oxygen atoms in total. The molecule has 0 aliphatic carbocycles. The Bertz CT molecular complexity index is 520. The van der Waals surface area contributed by atoms with Crippen molar-refractivity contribution in [2.75, 3.05) is 11.9 Å². The normalized spacial score (nSPS) is 12.2. The van der Waals surface area contributed by atoms with Crippen molar-refractivity contribution in [3.05, 3.63) is 59.5 Å². The molecule has 0 aliphatic heterocycles. The van der Waals surface area contributed by atoms with Crippen LogP contribution in [0, 0.1) is 5.82 Å². The predicted molar refractivity (Wildman–Crippen MR) is 75.3 cm³/mol. The maximum atomic E-state index is 12.8. The van der Waals surface area contributed by atoms with E-state index in [1.54, 1.807) is 18.3 Å². The van der Waals surface area contributed by atoms with Crippen LogP contribution in [0.15, 0.2) is 42.6 Å². The molecule has 2 aromatic rings. The zero-order valence-electron chi connectivity index (χ0n) is 11.2. The van der Waals surface area contributed by atoms with Crippen LogP contribution in [0.25, 0.3) is 0 Å². The fourth-order valence-corrected chi connectivity index (χ4v) is 1.84. The monoisotopic (exact) mass is 259 g/mol. The van der Waals surface area contributed by atoms with Gasteiger partial charge in [0, 0.05) is 25.8 Å². The molecule has 2 N–H and O–H groups in total. The summed E-state index contributed by atoms with van der Waals surface area (Å²) in [6.07, 6.45) is 1.79. The van der Waals surface area contributed by atoms with Gasteiger partial charge in [0.05, 0.1) is 0 Å². The molecule has 0 radical (unpaired) electrons. The van der Waals surface area contributed by atoms with E-state index in [0.717, 1.165) is 16.9 Å². The van der Waals surface area contributed by atoms with Gasteiger partial charge in [-0.05, 0) is 36.2 Å². The average Bonchev–Trinajstić information content (AvgIpc) is 2.41. The summed E-state index contributed by atoms with van der Waals surface area (Å²) in [4.78, 5) is 6.40. The topological polar surface area (TPSA) is 42.1 Å². The maximum absolute atomic E-state index is 12.8. The van der Waals surface area contributed by atoms with Crippen LogP contribution in [0.5, 0.6) is 0 Å². The fraction of sp³-hybridized carbons (Fsp3) is 0.267. The van der Waals surface area contributed by atoms with Crippen molar-refractivity contribution in [2.45, 2.75) is 19.5 Å². The molecule has 0 amide bonds. The van der Waals surface area contributed by atoms with Gasteiger partial charge in [-0.1, -0.05) is 18.2 Å². The highest BCUT2D eigenvalue weighted by atomic mass is 19.1. The van der Waals surface area contributed by atoms with Crippen molar-refractivity contribution < 1.29 is 4.39 Å². The van der Waals surface area contributed by atoms with Gasteiger partial charge in [-0.2, -0.15) is 0 Å². The Labute approximate surface area is 112 Å². The zero-order valence-corrected chi connectivity index (χ0v) is 11.2. The molecule has 1 aromatic heterocycles. The second-order valence-electron chi connectivity index (χ2n) is 4.72. The molecule has 0 saturated heterocycles. The summed E-state index contributed by atoms with van der Waals surface area (Å²) in [5, 5.41) is 0. The van der Waals surface area contributed by atoms with Crippen molar-refractivity contribution in [3.63, 3.8) is 0 Å². The van der Waals surface area contributed by atoms with Crippen LogP contribution in [0.4, 0.5) is 10.2 Å². The van der Waals surface area contributed by atoms with Gasteiger partial charge in [0.15, 0.2) is 0 Å². The molecule has 1 heterocycles. The third-order valence-electron chi connectivity index (χ3n) is 3.02. The molecule has 100 valence electrons. The number of rotatable bonds is 4. The Balaban J connectivity index is 2.07. The molecule has 0 spiro atoms. The largest absolute Gasteiger partial charge is 0.355 e. The average molecular weight is 259 g/mol. The Morgan fingerprint density at radius 2 is 1.89 bits per heavy atom. The minimum absolute atomic E-state index is 0.0102. The van der Waals surface area contributed by atoms with Crippen molar-refractivity contribution in [2.24, 2.45) is 5.73 Å². The van der Waals surface area contributed by atoms with Crippen molar-refractivity contribution in [1.82, 2.24) is 4.98 Å². The zero-order chi connectivity index (χ0) is 13.8. The molecule has 0 fully saturated rings. The van der Waals surface area contributed by atoms with Gasteiger partial charge >= 0.3 is 0 Å². The van der Waals surface area contributed by atoms with Crippen LogP contribution in [-0.4, -0.2) is 12.0 Å². The number of halogens is 1. The molecule has 19 heavy (non-hydrogen) atoms. The van der Waals surface area contributed by atoms with Gasteiger partial charge in [0.1, 0.15) is 11.6 Å². The minimum atomic E-state index is -0.217. The van der Waals surface area contributed by atoms with Crippen molar-refractivity contribution >= 4 is 5.82 Å². The second kappa shape index (κ2) is 5.80. The number of nitrogens with two attached hydrogens (primary N) is 1. The quantitative estimate of drug-likeness (QED) is 0.918. The summed E-state index contributed by atoms with van der Waals surface area (Å²) in [5.74, 6) is 0.652. The molecule has 4 heteroatoms. The predicted octanol–water partition coefficient (Wildman–Crippen LogP) is 2.88. The SMILES string of the molecule is CC(N)c1ccc(N(C)Cc2ccc(F)cc2)nc1. The van der Waals surface area contributed by atoms with Crippen LogP contribution in [0.1, 0.15) is 24.1 Å². The highest BCUT2D eigenvalue weighted by Gasteiger charge is 2.05. The van der Waals surface area contributed by atoms with E-state index in [9.17, 15) is 4.39 Å². The first-order valence-electron chi connectivity index (χ1n) is 6.23. The van der Waals surface area contributed by atoms with Crippen LogP contribution < -0.4 is 10.6 Å². The standard InChI is InChI=1S/C15H18FN3/c1-11(17)13-5-8-15(18-9-13)19(2)10-12-3-6-14(16)7-4-12/h3-9,11H,10,17H2,1-2H3. The van der Waals surface area contributed by atoms with Crippen LogP contribution in [0.3, 0.4) is 0 Å². The first-order chi connectivity index (χ1) is 9.06. The Kier molecular flexibility index (Phi) is 4.12. The number of nitrogens with zero attached hydrogens (tertiary/aromatic N) is 2. The molecule has 0 bridgehead atoms. The lowest BCUT2D eigenvalue weighted by atomic mass is 10.1. The van der Waals surface area contributed by atoms with E-state index in [-0.39, 0.29) is 11.9 Å². The first-order valence-corrected chi connectivity index (χ1v) is 6.23. The molecular formula is C15H18FN3. The van der Waals surface area contributed by atoms with Gasteiger partial charge < -0.3 is 10.6 Å². The van der Waals surface area contributed by atoms with E-state index in [1.165, 1.54) is 12.1 Å². The van der Waals surface area contributed by atoms with Gasteiger partial charge in [0.25, 0.3) is 0 Å². The first kappa shape index (κ1) is 13.5. The minimum Gasteiger partial charge on any atom is -0.355 e. The van der Waals surface area contributed by atoms with E-state index in [2.05, 4.69) is 4.98 Å². The van der Waals surface area contributed by atoms with E-state index in [4.69, 9.17) is 5.73 Å². The van der Waals surface area contributed by atoms with Crippen LogP contribution >= 0.6 is 0 Å². The Morgan fingerprint density at radius 1 is 1.21 bits per heavy atom. The summed E-state index contributed by atoms with van der Waals surface area (Å²) in [5.41, 5.74) is 7.84. The summed E-state index contributed by atoms with van der Waals surface area (Å²) in [7, 11) is 1.96. The van der Waals surface area contributed by atoms with Crippen molar-refractivity contribution in [3.8, 4) is 0 Å². The third-order valence-corrected chi connectivity index (χ3v) is 3.02. The number of aromatic nitrogens is 1. The highest BCUT2D eigenvalue weighted by Crippen LogP contribution is 2.15. The molecule has 0 saturated carbocycles. The van der Waals surface area contributed by atoms with E-state index < -0.39 is 0 Å². The lowest BCUT2D eigenvalue weighted by molar-refractivity contribution is 0.627. The molecule has 0 aliphatic rings. The van der Waals surface area contributed by atoms with Gasteiger partial charge in [-0.15, -0.1) is 0 Å². The van der Waals surface area contributed by atoms with Crippen LogP contribution in [0.2, 0.25) is 0 Å². The Hall–Kier alpha value is -1.94. The van der Waals surface area contributed by atoms with E-state index >= 15 is 0 Å². The summed E-state index contributed by atoms with van der Waals surface area (Å²) >= 11 is 0. The molecular weight excluding hydrogens is 241 g/mol. The molecule has 1 atom stereocenters. The maximum Gasteiger partial charge on any atom is 0.128 e. The number of hydrogen-bond donors (Lipinski definition) is 1. The molecule has 1 unspecified atom stereocenters. The van der Waals surface area contributed by atoms with Crippen LogP contribution in [-0.2, 0) is 6.54 Å². The lowest BCUT2D eigenvalue weighted by Gasteiger charge is -2.18. The molecule has 1 aromatic carbocycles.